The molecule has 1 N–H and O–H groups in total. The van der Waals surface area contributed by atoms with Crippen LogP contribution in [0.3, 0.4) is 0 Å². The second kappa shape index (κ2) is 8.17. The summed E-state index contributed by atoms with van der Waals surface area (Å²) in [5.74, 6) is 0.104. The minimum atomic E-state index is -0.511. The van der Waals surface area contributed by atoms with Crippen LogP contribution in [0.4, 0.5) is 5.82 Å². The van der Waals surface area contributed by atoms with Crippen molar-refractivity contribution >= 4 is 29.0 Å². The zero-order chi connectivity index (χ0) is 20.4. The maximum atomic E-state index is 13.5. The number of nitrogens with one attached hydrogen (secondary N) is 1. The van der Waals surface area contributed by atoms with Gasteiger partial charge in [-0.15, -0.1) is 11.3 Å². The first-order valence-electron chi connectivity index (χ1n) is 9.71. The van der Waals surface area contributed by atoms with Gasteiger partial charge in [0.25, 0.3) is 5.91 Å². The molecule has 29 heavy (non-hydrogen) atoms. The molecule has 2 unspecified atom stereocenters. The predicted octanol–water partition coefficient (Wildman–Crippen LogP) is 4.72. The van der Waals surface area contributed by atoms with Gasteiger partial charge in [0.2, 0.25) is 5.91 Å². The van der Waals surface area contributed by atoms with Crippen molar-refractivity contribution in [3.63, 3.8) is 0 Å². The van der Waals surface area contributed by atoms with Gasteiger partial charge in [-0.05, 0) is 41.1 Å². The number of pyridine rings is 1. The molecule has 0 fully saturated rings. The summed E-state index contributed by atoms with van der Waals surface area (Å²) in [6.45, 7) is 4.76. The van der Waals surface area contributed by atoms with Gasteiger partial charge in [0.05, 0.1) is 12.0 Å². The summed E-state index contributed by atoms with van der Waals surface area (Å²) < 4.78 is 0. The number of hydrogen-bond donors (Lipinski definition) is 1. The van der Waals surface area contributed by atoms with Gasteiger partial charge < -0.3 is 10.2 Å². The van der Waals surface area contributed by atoms with E-state index in [1.165, 1.54) is 0 Å². The van der Waals surface area contributed by atoms with Gasteiger partial charge in [0, 0.05) is 23.2 Å². The summed E-state index contributed by atoms with van der Waals surface area (Å²) in [4.78, 5) is 34.0. The molecule has 0 saturated heterocycles. The summed E-state index contributed by atoms with van der Waals surface area (Å²) in [5.41, 5.74) is 1.37. The number of rotatable bonds is 5. The molecule has 0 aliphatic carbocycles. The fourth-order valence-corrected chi connectivity index (χ4v) is 4.76. The molecule has 1 aromatic carbocycles. The van der Waals surface area contributed by atoms with Crippen molar-refractivity contribution in [3.8, 4) is 0 Å². The Hall–Kier alpha value is -2.99. The van der Waals surface area contributed by atoms with E-state index in [2.05, 4.69) is 24.1 Å². The molecule has 3 heterocycles. The van der Waals surface area contributed by atoms with Crippen LogP contribution in [-0.4, -0.2) is 28.2 Å². The highest BCUT2D eigenvalue weighted by Crippen LogP contribution is 2.44. The highest BCUT2D eigenvalue weighted by molar-refractivity contribution is 7.10. The Labute approximate surface area is 174 Å². The third kappa shape index (κ3) is 3.80. The standard InChI is InChI=1S/C23H23N3O2S/c1-15(2)14-26-21(18-10-7-13-29-18)20(16-8-3-4-9-17(16)23(26)28)22(27)25-19-11-5-6-12-24-19/h3-13,15,20-21H,14H2,1-2H3,(H,24,25,27). The van der Waals surface area contributed by atoms with Crippen molar-refractivity contribution in [2.75, 3.05) is 11.9 Å². The third-order valence-electron chi connectivity index (χ3n) is 5.03. The van der Waals surface area contributed by atoms with Crippen LogP contribution in [0, 0.1) is 5.92 Å². The minimum Gasteiger partial charge on any atom is -0.329 e. The Balaban J connectivity index is 1.82. The Morgan fingerprint density at radius 1 is 1.14 bits per heavy atom. The molecule has 0 spiro atoms. The molecule has 6 heteroatoms. The molecule has 4 rings (SSSR count). The molecule has 2 amide bonds. The SMILES string of the molecule is CC(C)CN1C(=O)c2ccccc2C(C(=O)Nc2ccccn2)C1c1cccs1. The molecule has 148 valence electrons. The molecular formula is C23H23N3O2S. The zero-order valence-corrected chi connectivity index (χ0v) is 17.2. The van der Waals surface area contributed by atoms with Crippen LogP contribution < -0.4 is 5.32 Å². The summed E-state index contributed by atoms with van der Waals surface area (Å²) in [7, 11) is 0. The van der Waals surface area contributed by atoms with Crippen molar-refractivity contribution < 1.29 is 9.59 Å². The summed E-state index contributed by atoms with van der Waals surface area (Å²) >= 11 is 1.57. The molecule has 0 radical (unpaired) electrons. The monoisotopic (exact) mass is 405 g/mol. The lowest BCUT2D eigenvalue weighted by atomic mass is 9.81. The first-order chi connectivity index (χ1) is 14.1. The highest BCUT2D eigenvalue weighted by Gasteiger charge is 2.44. The predicted molar refractivity (Wildman–Crippen MR) is 115 cm³/mol. The number of fused-ring (bicyclic) bond motifs is 1. The average Bonchev–Trinajstić information content (AvgIpc) is 3.24. The maximum Gasteiger partial charge on any atom is 0.254 e. The number of amides is 2. The van der Waals surface area contributed by atoms with Gasteiger partial charge >= 0.3 is 0 Å². The van der Waals surface area contributed by atoms with Crippen molar-refractivity contribution in [3.05, 3.63) is 82.2 Å². The van der Waals surface area contributed by atoms with Crippen LogP contribution in [0.5, 0.6) is 0 Å². The van der Waals surface area contributed by atoms with Gasteiger partial charge in [-0.2, -0.15) is 0 Å². The fourth-order valence-electron chi connectivity index (χ4n) is 3.89. The van der Waals surface area contributed by atoms with Crippen molar-refractivity contribution in [2.45, 2.75) is 25.8 Å². The normalized spacial score (nSPS) is 18.6. The lowest BCUT2D eigenvalue weighted by Gasteiger charge is -2.41. The quantitative estimate of drug-likeness (QED) is 0.668. The van der Waals surface area contributed by atoms with Gasteiger partial charge in [0.1, 0.15) is 5.82 Å². The van der Waals surface area contributed by atoms with Crippen LogP contribution in [0.1, 0.15) is 46.6 Å². The van der Waals surface area contributed by atoms with Crippen LogP contribution in [-0.2, 0) is 4.79 Å². The van der Waals surface area contributed by atoms with Gasteiger partial charge in [-0.1, -0.05) is 44.2 Å². The Bertz CT molecular complexity index is 1000. The first-order valence-corrected chi connectivity index (χ1v) is 10.6. The van der Waals surface area contributed by atoms with Crippen LogP contribution in [0.25, 0.3) is 0 Å². The highest BCUT2D eigenvalue weighted by atomic mass is 32.1. The van der Waals surface area contributed by atoms with E-state index in [-0.39, 0.29) is 23.8 Å². The first kappa shape index (κ1) is 19.3. The summed E-state index contributed by atoms with van der Waals surface area (Å²) in [6.07, 6.45) is 1.65. The Kier molecular flexibility index (Phi) is 5.45. The number of carbonyl (C=O) groups excluding carboxylic acids is 2. The topological polar surface area (TPSA) is 62.3 Å². The molecule has 0 bridgehead atoms. The Morgan fingerprint density at radius 3 is 2.62 bits per heavy atom. The largest absolute Gasteiger partial charge is 0.329 e. The zero-order valence-electron chi connectivity index (χ0n) is 16.4. The second-order valence-corrected chi connectivity index (χ2v) is 8.56. The second-order valence-electron chi connectivity index (χ2n) is 7.58. The van der Waals surface area contributed by atoms with E-state index in [0.29, 0.717) is 17.9 Å². The summed E-state index contributed by atoms with van der Waals surface area (Å²) in [5, 5.41) is 4.94. The molecule has 5 nitrogen and oxygen atoms in total. The van der Waals surface area contributed by atoms with Crippen LogP contribution >= 0.6 is 11.3 Å². The minimum absolute atomic E-state index is 0.0189. The molecule has 2 atom stereocenters. The average molecular weight is 406 g/mol. The molecule has 0 saturated carbocycles. The Morgan fingerprint density at radius 2 is 1.93 bits per heavy atom. The molecular weight excluding hydrogens is 382 g/mol. The number of benzene rings is 1. The molecule has 3 aromatic rings. The van der Waals surface area contributed by atoms with Crippen molar-refractivity contribution in [2.24, 2.45) is 5.92 Å². The smallest absolute Gasteiger partial charge is 0.254 e. The van der Waals surface area contributed by atoms with Gasteiger partial charge in [-0.3, -0.25) is 9.59 Å². The number of thiophene rings is 1. The van der Waals surface area contributed by atoms with E-state index in [0.717, 1.165) is 10.4 Å². The number of aromatic nitrogens is 1. The van der Waals surface area contributed by atoms with E-state index < -0.39 is 5.92 Å². The van der Waals surface area contributed by atoms with Crippen molar-refractivity contribution in [1.82, 2.24) is 9.88 Å². The number of nitrogens with zero attached hydrogens (tertiary/aromatic N) is 2. The van der Waals surface area contributed by atoms with Gasteiger partial charge in [0.15, 0.2) is 0 Å². The molecule has 1 aliphatic heterocycles. The number of carbonyl (C=O) groups is 2. The summed E-state index contributed by atoms with van der Waals surface area (Å²) in [6, 6.07) is 16.5. The molecule has 1 aliphatic rings. The fraction of sp³-hybridized carbons (Fsp3) is 0.261. The lowest BCUT2D eigenvalue weighted by Crippen LogP contribution is -2.47. The van der Waals surface area contributed by atoms with Gasteiger partial charge in [-0.25, -0.2) is 4.98 Å². The van der Waals surface area contributed by atoms with Crippen LogP contribution in [0.15, 0.2) is 66.2 Å². The number of hydrogen-bond acceptors (Lipinski definition) is 4. The van der Waals surface area contributed by atoms with Crippen molar-refractivity contribution in [1.29, 1.82) is 0 Å². The van der Waals surface area contributed by atoms with E-state index >= 15 is 0 Å². The maximum absolute atomic E-state index is 13.5. The molecule has 2 aromatic heterocycles. The van der Waals surface area contributed by atoms with E-state index in [1.807, 2.05) is 58.8 Å². The van der Waals surface area contributed by atoms with E-state index in [4.69, 9.17) is 0 Å². The third-order valence-corrected chi connectivity index (χ3v) is 5.98. The lowest BCUT2D eigenvalue weighted by molar-refractivity contribution is -0.119. The van der Waals surface area contributed by atoms with Crippen LogP contribution in [0.2, 0.25) is 0 Å². The number of anilines is 1. The van der Waals surface area contributed by atoms with E-state index in [1.54, 1.807) is 23.6 Å². The van der Waals surface area contributed by atoms with E-state index in [9.17, 15) is 9.59 Å².